The van der Waals surface area contributed by atoms with Gasteiger partial charge in [-0.1, -0.05) is 0 Å². The van der Waals surface area contributed by atoms with Gasteiger partial charge in [0, 0.05) is 19.1 Å². The van der Waals surface area contributed by atoms with Crippen LogP contribution in [-0.4, -0.2) is 23.3 Å². The molecule has 0 unspecified atom stereocenters. The average molecular weight is 289 g/mol. The highest BCUT2D eigenvalue weighted by molar-refractivity contribution is 5.93. The van der Waals surface area contributed by atoms with Gasteiger partial charge in [-0.05, 0) is 23.8 Å². The second-order valence-electron chi connectivity index (χ2n) is 3.65. The SMILES string of the molecule is CC(=O)Nc1cc(OC(F)(F)F)ccc1C=CC(=O)O. The lowest BCUT2D eigenvalue weighted by Crippen LogP contribution is -2.17. The fourth-order valence-corrected chi connectivity index (χ4v) is 1.34. The van der Waals surface area contributed by atoms with E-state index in [2.05, 4.69) is 10.1 Å². The standard InChI is InChI=1S/C12H10F3NO4/c1-7(17)16-10-6-9(20-12(13,14)15)4-2-8(10)3-5-11(18)19/h2-6H,1H3,(H,16,17)(H,18,19). The fraction of sp³-hybridized carbons (Fsp3) is 0.167. The van der Waals surface area contributed by atoms with Crippen molar-refractivity contribution in [2.45, 2.75) is 13.3 Å². The molecule has 0 spiro atoms. The summed E-state index contributed by atoms with van der Waals surface area (Å²) in [5, 5.41) is 10.8. The Morgan fingerprint density at radius 2 is 2.00 bits per heavy atom. The number of carboxylic acid groups (broad SMARTS) is 1. The molecule has 0 saturated carbocycles. The van der Waals surface area contributed by atoms with Gasteiger partial charge in [0.25, 0.3) is 0 Å². The summed E-state index contributed by atoms with van der Waals surface area (Å²) in [6.07, 6.45) is -2.91. The number of benzene rings is 1. The molecule has 0 aliphatic carbocycles. The number of hydrogen-bond acceptors (Lipinski definition) is 3. The molecule has 0 aromatic heterocycles. The van der Waals surface area contributed by atoms with Crippen molar-refractivity contribution in [1.29, 1.82) is 0 Å². The lowest BCUT2D eigenvalue weighted by molar-refractivity contribution is -0.274. The summed E-state index contributed by atoms with van der Waals surface area (Å²) in [7, 11) is 0. The average Bonchev–Trinajstić information content (AvgIpc) is 2.24. The zero-order chi connectivity index (χ0) is 15.3. The number of ether oxygens (including phenoxy) is 1. The molecule has 2 N–H and O–H groups in total. The van der Waals surface area contributed by atoms with Crippen LogP contribution < -0.4 is 10.1 Å². The van der Waals surface area contributed by atoms with E-state index in [1.54, 1.807) is 0 Å². The molecule has 0 heterocycles. The molecule has 108 valence electrons. The lowest BCUT2D eigenvalue weighted by Gasteiger charge is -2.12. The number of carboxylic acids is 1. The third-order valence-corrected chi connectivity index (χ3v) is 1.97. The van der Waals surface area contributed by atoms with Gasteiger partial charge >= 0.3 is 12.3 Å². The highest BCUT2D eigenvalue weighted by Gasteiger charge is 2.31. The van der Waals surface area contributed by atoms with Crippen molar-refractivity contribution in [1.82, 2.24) is 0 Å². The summed E-state index contributed by atoms with van der Waals surface area (Å²) in [6, 6.07) is 3.17. The Hall–Kier alpha value is -2.51. The maximum absolute atomic E-state index is 12.1. The van der Waals surface area contributed by atoms with Crippen molar-refractivity contribution in [3.8, 4) is 5.75 Å². The normalized spacial score (nSPS) is 11.4. The molecule has 0 atom stereocenters. The zero-order valence-corrected chi connectivity index (χ0v) is 10.2. The Morgan fingerprint density at radius 1 is 1.35 bits per heavy atom. The van der Waals surface area contributed by atoms with Crippen molar-refractivity contribution in [3.63, 3.8) is 0 Å². The minimum Gasteiger partial charge on any atom is -0.478 e. The second-order valence-corrected chi connectivity index (χ2v) is 3.65. The topological polar surface area (TPSA) is 75.6 Å². The molecule has 1 aromatic carbocycles. The van der Waals surface area contributed by atoms with E-state index in [9.17, 15) is 22.8 Å². The van der Waals surface area contributed by atoms with Crippen molar-refractivity contribution in [3.05, 3.63) is 29.8 Å². The molecule has 5 nitrogen and oxygen atoms in total. The van der Waals surface area contributed by atoms with E-state index in [0.29, 0.717) is 0 Å². The first kappa shape index (κ1) is 15.5. The van der Waals surface area contributed by atoms with Gasteiger partial charge in [0.05, 0.1) is 5.69 Å². The summed E-state index contributed by atoms with van der Waals surface area (Å²) in [5.41, 5.74) is 0.244. The highest BCUT2D eigenvalue weighted by atomic mass is 19.4. The molecule has 1 amide bonds. The van der Waals surface area contributed by atoms with Crippen LogP contribution in [0.3, 0.4) is 0 Å². The number of hydrogen-bond donors (Lipinski definition) is 2. The van der Waals surface area contributed by atoms with E-state index in [1.807, 2.05) is 0 Å². The first-order valence-corrected chi connectivity index (χ1v) is 5.26. The number of carbonyl (C=O) groups is 2. The quantitative estimate of drug-likeness (QED) is 0.835. The predicted octanol–water partition coefficient (Wildman–Crippen LogP) is 2.64. The number of rotatable bonds is 4. The van der Waals surface area contributed by atoms with Crippen molar-refractivity contribution in [2.24, 2.45) is 0 Å². The molecule has 0 aliphatic heterocycles. The smallest absolute Gasteiger partial charge is 0.478 e. The van der Waals surface area contributed by atoms with Crippen LogP contribution in [0.5, 0.6) is 5.75 Å². The molecule has 1 aromatic rings. The molecule has 0 saturated heterocycles. The van der Waals surface area contributed by atoms with E-state index in [-0.39, 0.29) is 11.3 Å². The molecule has 0 radical (unpaired) electrons. The van der Waals surface area contributed by atoms with E-state index in [1.165, 1.54) is 13.0 Å². The van der Waals surface area contributed by atoms with Gasteiger partial charge in [0.2, 0.25) is 5.91 Å². The number of amides is 1. The van der Waals surface area contributed by atoms with Crippen molar-refractivity contribution in [2.75, 3.05) is 5.32 Å². The van der Waals surface area contributed by atoms with Gasteiger partial charge < -0.3 is 15.2 Å². The molecule has 8 heteroatoms. The number of nitrogens with one attached hydrogen (secondary N) is 1. The van der Waals surface area contributed by atoms with Crippen LogP contribution in [-0.2, 0) is 9.59 Å². The Kier molecular flexibility index (Phi) is 4.73. The minimum atomic E-state index is -4.86. The summed E-state index contributed by atoms with van der Waals surface area (Å²) in [6.45, 7) is 1.17. The summed E-state index contributed by atoms with van der Waals surface area (Å²) < 4.78 is 40.0. The molecule has 1 rings (SSSR count). The summed E-state index contributed by atoms with van der Waals surface area (Å²) in [5.74, 6) is -2.26. The molecule has 0 fully saturated rings. The minimum absolute atomic E-state index is 0.0109. The third kappa shape index (κ3) is 5.42. The lowest BCUT2D eigenvalue weighted by atomic mass is 10.1. The van der Waals surface area contributed by atoms with E-state index in [4.69, 9.17) is 5.11 Å². The van der Waals surface area contributed by atoms with Crippen LogP contribution in [0.25, 0.3) is 6.08 Å². The molecule has 20 heavy (non-hydrogen) atoms. The van der Waals surface area contributed by atoms with Crippen LogP contribution in [0.1, 0.15) is 12.5 Å². The molecular weight excluding hydrogens is 279 g/mol. The number of halogens is 3. The number of anilines is 1. The Balaban J connectivity index is 3.12. The number of carbonyl (C=O) groups excluding carboxylic acids is 1. The Labute approximate surface area is 111 Å². The van der Waals surface area contributed by atoms with E-state index < -0.39 is 24.0 Å². The van der Waals surface area contributed by atoms with E-state index >= 15 is 0 Å². The fourth-order valence-electron chi connectivity index (χ4n) is 1.34. The van der Waals surface area contributed by atoms with Crippen LogP contribution in [0.4, 0.5) is 18.9 Å². The Morgan fingerprint density at radius 3 is 2.50 bits per heavy atom. The van der Waals surface area contributed by atoms with Gasteiger partial charge in [-0.15, -0.1) is 13.2 Å². The third-order valence-electron chi connectivity index (χ3n) is 1.97. The second kappa shape index (κ2) is 6.09. The molecular formula is C12H10F3NO4. The number of aliphatic carboxylic acids is 1. The maximum atomic E-state index is 12.1. The van der Waals surface area contributed by atoms with E-state index in [0.717, 1.165) is 24.3 Å². The molecule has 0 aliphatic rings. The highest BCUT2D eigenvalue weighted by Crippen LogP contribution is 2.28. The monoisotopic (exact) mass is 289 g/mol. The van der Waals surface area contributed by atoms with Crippen molar-refractivity contribution < 1.29 is 32.6 Å². The first-order chi connectivity index (χ1) is 9.17. The largest absolute Gasteiger partial charge is 0.573 e. The van der Waals surface area contributed by atoms with Crippen LogP contribution in [0.15, 0.2) is 24.3 Å². The van der Waals surface area contributed by atoms with Gasteiger partial charge in [0.15, 0.2) is 0 Å². The van der Waals surface area contributed by atoms with Crippen molar-refractivity contribution >= 4 is 23.6 Å². The van der Waals surface area contributed by atoms with Crippen LogP contribution in [0, 0.1) is 0 Å². The predicted molar refractivity (Wildman–Crippen MR) is 64.1 cm³/mol. The first-order valence-electron chi connectivity index (χ1n) is 5.26. The maximum Gasteiger partial charge on any atom is 0.573 e. The van der Waals surface area contributed by atoms with Gasteiger partial charge in [-0.25, -0.2) is 4.79 Å². The number of alkyl halides is 3. The van der Waals surface area contributed by atoms with Crippen LogP contribution in [0.2, 0.25) is 0 Å². The van der Waals surface area contributed by atoms with Gasteiger partial charge in [0.1, 0.15) is 5.75 Å². The Bertz CT molecular complexity index is 552. The van der Waals surface area contributed by atoms with Gasteiger partial charge in [-0.2, -0.15) is 0 Å². The molecule has 0 bridgehead atoms. The summed E-state index contributed by atoms with van der Waals surface area (Å²) >= 11 is 0. The summed E-state index contributed by atoms with van der Waals surface area (Å²) in [4.78, 5) is 21.4. The van der Waals surface area contributed by atoms with Gasteiger partial charge in [-0.3, -0.25) is 4.79 Å². The van der Waals surface area contributed by atoms with Crippen LogP contribution >= 0.6 is 0 Å². The zero-order valence-electron chi connectivity index (χ0n) is 10.2.